The van der Waals surface area contributed by atoms with Gasteiger partial charge in [-0.25, -0.2) is 0 Å². The fraction of sp³-hybridized carbons (Fsp3) is 0.455. The summed E-state index contributed by atoms with van der Waals surface area (Å²) in [7, 11) is 4.17. The highest BCUT2D eigenvalue weighted by Gasteiger charge is 2.18. The van der Waals surface area contributed by atoms with Crippen molar-refractivity contribution in [1.29, 1.82) is 0 Å². The topological polar surface area (TPSA) is 23.5 Å². The third-order valence-electron chi connectivity index (χ3n) is 3.74. The van der Waals surface area contributed by atoms with Gasteiger partial charge >= 0.3 is 0 Å². The Kier molecular flexibility index (Phi) is 11.7. The average Bonchev–Trinajstić information content (AvgIpc) is 2.61. The van der Waals surface area contributed by atoms with Crippen molar-refractivity contribution >= 4 is 0 Å². The van der Waals surface area contributed by atoms with E-state index in [0.717, 1.165) is 18.5 Å². The monoisotopic (exact) mass is 329 g/mol. The Bertz CT molecular complexity index is 518. The summed E-state index contributed by atoms with van der Waals surface area (Å²) in [6.07, 6.45) is 0.995. The van der Waals surface area contributed by atoms with Crippen LogP contribution < -0.4 is 0 Å². The molecule has 2 nitrogen and oxygen atoms in total. The number of hydrogen-bond acceptors (Lipinski definition) is 2. The van der Waals surface area contributed by atoms with Gasteiger partial charge in [-0.05, 0) is 51.2 Å². The Hall–Kier alpha value is -1.80. The highest BCUT2D eigenvalue weighted by molar-refractivity contribution is 5.43. The molecule has 0 aromatic heterocycles. The van der Waals surface area contributed by atoms with Crippen LogP contribution in [-0.4, -0.2) is 30.6 Å². The van der Waals surface area contributed by atoms with Gasteiger partial charge in [0, 0.05) is 11.5 Å². The fourth-order valence-electron chi connectivity index (χ4n) is 2.63. The van der Waals surface area contributed by atoms with E-state index >= 15 is 0 Å². The quantitative estimate of drug-likeness (QED) is 0.745. The molecule has 0 bridgehead atoms. The molecular weight excluding hydrogens is 294 g/mol. The van der Waals surface area contributed by atoms with E-state index in [2.05, 4.69) is 50.2 Å². The lowest BCUT2D eigenvalue weighted by molar-refractivity contribution is 0.386. The Balaban J connectivity index is 0.00000123. The maximum absolute atomic E-state index is 10.2. The van der Waals surface area contributed by atoms with Gasteiger partial charge in [0.15, 0.2) is 0 Å². The van der Waals surface area contributed by atoms with Crippen molar-refractivity contribution < 1.29 is 5.11 Å². The lowest BCUT2D eigenvalue weighted by atomic mass is 9.85. The van der Waals surface area contributed by atoms with Crippen LogP contribution in [0, 0.1) is 6.92 Å². The predicted octanol–water partition coefficient (Wildman–Crippen LogP) is 5.84. The van der Waals surface area contributed by atoms with E-state index in [4.69, 9.17) is 0 Å². The molecule has 0 unspecified atom stereocenters. The lowest BCUT2D eigenvalue weighted by Crippen LogP contribution is -2.17. The number of aryl methyl sites for hydroxylation is 1. The van der Waals surface area contributed by atoms with Crippen molar-refractivity contribution in [2.45, 2.75) is 47.0 Å². The zero-order chi connectivity index (χ0) is 18.5. The second kappa shape index (κ2) is 12.6. The first-order valence-corrected chi connectivity index (χ1v) is 9.07. The molecule has 0 aliphatic carbocycles. The van der Waals surface area contributed by atoms with Gasteiger partial charge < -0.3 is 10.0 Å². The summed E-state index contributed by atoms with van der Waals surface area (Å²) in [6, 6.07) is 16.1. The van der Waals surface area contributed by atoms with Crippen LogP contribution in [-0.2, 0) is 0 Å². The molecule has 0 saturated heterocycles. The molecule has 0 radical (unpaired) electrons. The van der Waals surface area contributed by atoms with Crippen molar-refractivity contribution in [3.05, 3.63) is 65.2 Å². The van der Waals surface area contributed by atoms with Crippen LogP contribution in [0.2, 0.25) is 0 Å². The molecule has 2 aromatic carbocycles. The second-order valence-electron chi connectivity index (χ2n) is 5.56. The summed E-state index contributed by atoms with van der Waals surface area (Å²) in [5, 5.41) is 10.2. The molecule has 0 aliphatic rings. The van der Waals surface area contributed by atoms with Crippen molar-refractivity contribution in [2.24, 2.45) is 0 Å². The molecule has 0 fully saturated rings. The minimum atomic E-state index is 0.236. The summed E-state index contributed by atoms with van der Waals surface area (Å²) in [6.45, 7) is 11.1. The minimum Gasteiger partial charge on any atom is -0.508 e. The molecule has 24 heavy (non-hydrogen) atoms. The number of phenolic OH excluding ortho intramolecular Hbond substituents is 1. The Labute approximate surface area is 149 Å². The molecule has 0 amide bonds. The third-order valence-corrected chi connectivity index (χ3v) is 3.74. The van der Waals surface area contributed by atoms with Gasteiger partial charge in [0.05, 0.1) is 0 Å². The highest BCUT2D eigenvalue weighted by atomic mass is 16.3. The second-order valence-corrected chi connectivity index (χ2v) is 5.56. The molecule has 2 rings (SSSR count). The van der Waals surface area contributed by atoms with E-state index in [-0.39, 0.29) is 5.92 Å². The zero-order valence-electron chi connectivity index (χ0n) is 16.5. The van der Waals surface area contributed by atoms with Gasteiger partial charge in [-0.1, -0.05) is 70.2 Å². The van der Waals surface area contributed by atoms with Crippen LogP contribution in [0.25, 0.3) is 0 Å². The number of benzene rings is 2. The summed E-state index contributed by atoms with van der Waals surface area (Å²) < 4.78 is 0. The number of hydrogen-bond donors (Lipinski definition) is 1. The predicted molar refractivity (Wildman–Crippen MR) is 107 cm³/mol. The average molecular weight is 330 g/mol. The number of nitrogens with zero attached hydrogens (tertiary/aromatic N) is 1. The van der Waals surface area contributed by atoms with E-state index in [1.165, 1.54) is 11.1 Å². The molecule has 134 valence electrons. The van der Waals surface area contributed by atoms with Crippen molar-refractivity contribution in [1.82, 2.24) is 4.90 Å². The van der Waals surface area contributed by atoms with Crippen molar-refractivity contribution in [3.63, 3.8) is 0 Å². The summed E-state index contributed by atoms with van der Waals surface area (Å²) in [4.78, 5) is 2.19. The molecule has 0 spiro atoms. The molecule has 2 aromatic rings. The fourth-order valence-corrected chi connectivity index (χ4v) is 2.63. The SMILES string of the molecule is CC.CC.Cc1ccccc1[C@H](CCN(C)C)c1ccccc1O. The largest absolute Gasteiger partial charge is 0.508 e. The minimum absolute atomic E-state index is 0.236. The lowest BCUT2D eigenvalue weighted by Gasteiger charge is -2.22. The maximum atomic E-state index is 10.2. The molecule has 0 aliphatic heterocycles. The van der Waals surface area contributed by atoms with E-state index in [1.807, 2.05) is 45.9 Å². The van der Waals surface area contributed by atoms with Gasteiger partial charge in [0.25, 0.3) is 0 Å². The van der Waals surface area contributed by atoms with Crippen LogP contribution >= 0.6 is 0 Å². The van der Waals surface area contributed by atoms with Crippen LogP contribution in [0.3, 0.4) is 0 Å². The van der Waals surface area contributed by atoms with Gasteiger partial charge in [-0.15, -0.1) is 0 Å². The molecular formula is C22H35NO. The van der Waals surface area contributed by atoms with Gasteiger partial charge in [-0.2, -0.15) is 0 Å². The van der Waals surface area contributed by atoms with Crippen molar-refractivity contribution in [2.75, 3.05) is 20.6 Å². The molecule has 0 saturated carbocycles. The number of phenols is 1. The molecule has 2 heteroatoms. The highest BCUT2D eigenvalue weighted by Crippen LogP contribution is 2.35. The first-order valence-electron chi connectivity index (χ1n) is 9.07. The van der Waals surface area contributed by atoms with E-state index < -0.39 is 0 Å². The number of aromatic hydroxyl groups is 1. The van der Waals surface area contributed by atoms with Crippen LogP contribution in [0.5, 0.6) is 5.75 Å². The van der Waals surface area contributed by atoms with E-state index in [1.54, 1.807) is 6.07 Å². The summed E-state index contributed by atoms with van der Waals surface area (Å²) >= 11 is 0. The maximum Gasteiger partial charge on any atom is 0.119 e. The number of rotatable bonds is 5. The Morgan fingerprint density at radius 1 is 0.833 bits per heavy atom. The Morgan fingerprint density at radius 2 is 1.33 bits per heavy atom. The van der Waals surface area contributed by atoms with E-state index in [0.29, 0.717) is 5.75 Å². The summed E-state index contributed by atoms with van der Waals surface area (Å²) in [5.74, 6) is 0.624. The first-order chi connectivity index (χ1) is 11.6. The first kappa shape index (κ1) is 22.2. The molecule has 1 atom stereocenters. The zero-order valence-corrected chi connectivity index (χ0v) is 16.5. The summed E-state index contributed by atoms with van der Waals surface area (Å²) in [5.41, 5.74) is 3.60. The Morgan fingerprint density at radius 3 is 1.83 bits per heavy atom. The normalized spacial score (nSPS) is 11.0. The van der Waals surface area contributed by atoms with Crippen LogP contribution in [0.1, 0.15) is 56.7 Å². The van der Waals surface area contributed by atoms with Gasteiger partial charge in [0.2, 0.25) is 0 Å². The van der Waals surface area contributed by atoms with Gasteiger partial charge in [-0.3, -0.25) is 0 Å². The molecule has 0 heterocycles. The standard InChI is InChI=1S/C18H23NO.2C2H6/c1-14-8-4-5-9-15(14)16(12-13-19(2)3)17-10-6-7-11-18(17)20;2*1-2/h4-11,16,20H,12-13H2,1-3H3;2*1-2H3/t16-;;/m0../s1. The van der Waals surface area contributed by atoms with Gasteiger partial charge in [0.1, 0.15) is 5.75 Å². The smallest absolute Gasteiger partial charge is 0.119 e. The number of para-hydroxylation sites is 1. The molecule has 1 N–H and O–H groups in total. The van der Waals surface area contributed by atoms with Crippen molar-refractivity contribution in [3.8, 4) is 5.75 Å². The van der Waals surface area contributed by atoms with E-state index in [9.17, 15) is 5.11 Å². The van der Waals surface area contributed by atoms with Crippen LogP contribution in [0.4, 0.5) is 0 Å². The third kappa shape index (κ3) is 6.76. The van der Waals surface area contributed by atoms with Crippen LogP contribution in [0.15, 0.2) is 48.5 Å².